The maximum atomic E-state index is 14.5. The van der Waals surface area contributed by atoms with E-state index in [-0.39, 0.29) is 42.0 Å². The Morgan fingerprint density at radius 1 is 1.19 bits per heavy atom. The molecule has 0 radical (unpaired) electrons. The third kappa shape index (κ3) is 4.43. The maximum absolute atomic E-state index is 14.5. The summed E-state index contributed by atoms with van der Waals surface area (Å²) in [5, 5.41) is 9.02. The molecule has 4 heterocycles. The molecule has 0 aliphatic carbocycles. The number of hydrogen-bond donors (Lipinski definition) is 2. The number of hydrogen-bond acceptors (Lipinski definition) is 5. The highest BCUT2D eigenvalue weighted by atomic mass is 79.9. The summed E-state index contributed by atoms with van der Waals surface area (Å²) in [6, 6.07) is 4.11. The van der Waals surface area contributed by atoms with Crippen LogP contribution in [-0.2, 0) is 15.0 Å². The van der Waals surface area contributed by atoms with Crippen molar-refractivity contribution in [1.82, 2.24) is 25.4 Å². The van der Waals surface area contributed by atoms with Gasteiger partial charge in [0.1, 0.15) is 18.9 Å². The molecule has 0 atom stereocenters. The summed E-state index contributed by atoms with van der Waals surface area (Å²) in [4.78, 5) is 45.8. The number of likely N-dealkylation sites (tertiary alicyclic amines) is 1. The number of aromatic amines is 1. The van der Waals surface area contributed by atoms with Crippen LogP contribution in [0.25, 0.3) is 11.0 Å². The van der Waals surface area contributed by atoms with Crippen molar-refractivity contribution in [2.75, 3.05) is 31.1 Å². The number of fused-ring (bicyclic) bond motifs is 3. The van der Waals surface area contributed by atoms with Gasteiger partial charge in [-0.1, -0.05) is 0 Å². The lowest BCUT2D eigenvalue weighted by molar-refractivity contribution is -0.138. The highest BCUT2D eigenvalue weighted by molar-refractivity contribution is 9.10. The van der Waals surface area contributed by atoms with Crippen LogP contribution in [0.15, 0.2) is 35.1 Å². The monoisotopic (exact) mass is 582 g/mol. The molecule has 0 unspecified atom stereocenters. The predicted molar refractivity (Wildman–Crippen MR) is 126 cm³/mol. The average Bonchev–Trinajstić information content (AvgIpc) is 3.42. The second kappa shape index (κ2) is 9.08. The Balaban J connectivity index is 1.39. The standard InChI is InChI=1S/C23H19BrF4N6O3/c24-18-14(25)1-2-15-17(18)22(21(37)34(15)10-16(35)30-11-23(26,27)28)3-5-33(6-4-22)20(36)13-7-12-9-31-32-19(12)29-8-13/h1-2,7-9H,3-6,10-11H2,(H,30,35)(H,29,31,32). The van der Waals surface area contributed by atoms with Gasteiger partial charge in [0.25, 0.3) is 5.91 Å². The lowest BCUT2D eigenvalue weighted by atomic mass is 9.73. The van der Waals surface area contributed by atoms with E-state index in [4.69, 9.17) is 0 Å². The molecule has 1 aromatic carbocycles. The molecule has 2 N–H and O–H groups in total. The minimum atomic E-state index is -4.60. The Labute approximate surface area is 215 Å². The van der Waals surface area contributed by atoms with E-state index in [1.54, 1.807) is 22.5 Å². The minimum absolute atomic E-state index is 0.0472. The van der Waals surface area contributed by atoms with Gasteiger partial charge in [0.05, 0.1) is 21.6 Å². The van der Waals surface area contributed by atoms with E-state index in [1.807, 2.05) is 0 Å². The Bertz CT molecular complexity index is 1420. The van der Waals surface area contributed by atoms with E-state index in [0.717, 1.165) is 11.0 Å². The predicted octanol–water partition coefficient (Wildman–Crippen LogP) is 3.06. The van der Waals surface area contributed by atoms with Crippen LogP contribution in [0.1, 0.15) is 28.8 Å². The maximum Gasteiger partial charge on any atom is 0.405 e. The van der Waals surface area contributed by atoms with Crippen LogP contribution < -0.4 is 10.2 Å². The lowest BCUT2D eigenvalue weighted by Gasteiger charge is -2.38. The Kier molecular flexibility index (Phi) is 6.16. The molecule has 3 aromatic rings. The van der Waals surface area contributed by atoms with Crippen molar-refractivity contribution < 1.29 is 31.9 Å². The molecule has 3 amide bonds. The molecule has 1 saturated heterocycles. The van der Waals surface area contributed by atoms with E-state index in [0.29, 0.717) is 22.2 Å². The lowest BCUT2D eigenvalue weighted by Crippen LogP contribution is -2.51. The van der Waals surface area contributed by atoms with Gasteiger partial charge in [-0.15, -0.1) is 0 Å². The van der Waals surface area contributed by atoms with Crippen LogP contribution in [-0.4, -0.2) is 70.2 Å². The molecule has 9 nitrogen and oxygen atoms in total. The summed E-state index contributed by atoms with van der Waals surface area (Å²) in [6.07, 6.45) is -1.36. The Morgan fingerprint density at radius 2 is 1.92 bits per heavy atom. The summed E-state index contributed by atoms with van der Waals surface area (Å²) >= 11 is 3.22. The van der Waals surface area contributed by atoms with Gasteiger partial charge < -0.3 is 15.1 Å². The van der Waals surface area contributed by atoms with Crippen molar-refractivity contribution in [3.8, 4) is 0 Å². The fraction of sp³-hybridized carbons (Fsp3) is 0.348. The van der Waals surface area contributed by atoms with Gasteiger partial charge in [0, 0.05) is 35.9 Å². The molecule has 14 heteroatoms. The van der Waals surface area contributed by atoms with Crippen LogP contribution >= 0.6 is 15.9 Å². The van der Waals surface area contributed by atoms with Crippen LogP contribution in [0.3, 0.4) is 0 Å². The molecule has 2 aliphatic rings. The molecule has 1 spiro atoms. The molecule has 2 aromatic heterocycles. The zero-order chi connectivity index (χ0) is 26.5. The number of rotatable bonds is 4. The summed E-state index contributed by atoms with van der Waals surface area (Å²) in [7, 11) is 0. The first kappa shape index (κ1) is 25.1. The Morgan fingerprint density at radius 3 is 2.62 bits per heavy atom. The molecule has 0 saturated carbocycles. The van der Waals surface area contributed by atoms with Gasteiger partial charge in [0.15, 0.2) is 5.65 Å². The zero-order valence-electron chi connectivity index (χ0n) is 19.0. The largest absolute Gasteiger partial charge is 0.405 e. The molecule has 2 aliphatic heterocycles. The number of halogens is 5. The SMILES string of the molecule is O=C(CN1C(=O)C2(CCN(C(=O)c3cnc4[nH]ncc4c3)CC2)c2c1ccc(F)c2Br)NCC(F)(F)F. The van der Waals surface area contributed by atoms with Crippen LogP contribution in [0.2, 0.25) is 0 Å². The van der Waals surface area contributed by atoms with Crippen molar-refractivity contribution in [3.05, 3.63) is 52.0 Å². The van der Waals surface area contributed by atoms with Gasteiger partial charge in [0.2, 0.25) is 11.8 Å². The number of H-pyrrole nitrogens is 1. The number of piperidine rings is 1. The van der Waals surface area contributed by atoms with Gasteiger partial charge in [-0.2, -0.15) is 18.3 Å². The second-order valence-corrected chi connectivity index (χ2v) is 9.74. The average molecular weight is 583 g/mol. The van der Waals surface area contributed by atoms with Crippen molar-refractivity contribution >= 4 is 50.4 Å². The number of nitrogens with one attached hydrogen (secondary N) is 2. The minimum Gasteiger partial charge on any atom is -0.345 e. The fourth-order valence-corrected chi connectivity index (χ4v) is 5.66. The van der Waals surface area contributed by atoms with E-state index in [2.05, 4.69) is 31.1 Å². The topological polar surface area (TPSA) is 111 Å². The van der Waals surface area contributed by atoms with Crippen LogP contribution in [0.4, 0.5) is 23.2 Å². The third-order valence-electron chi connectivity index (χ3n) is 6.73. The summed E-state index contributed by atoms with van der Waals surface area (Å²) in [6.45, 7) is -1.87. The second-order valence-electron chi connectivity index (χ2n) is 8.94. The molecular formula is C23H19BrF4N6O3. The van der Waals surface area contributed by atoms with E-state index in [9.17, 15) is 31.9 Å². The summed E-state index contributed by atoms with van der Waals surface area (Å²) in [5.41, 5.74) is 0.209. The molecule has 5 rings (SSSR count). The number of carbonyl (C=O) groups is 3. The van der Waals surface area contributed by atoms with Gasteiger partial charge in [-0.3, -0.25) is 19.5 Å². The smallest absolute Gasteiger partial charge is 0.345 e. The molecular weight excluding hydrogens is 564 g/mol. The quantitative estimate of drug-likeness (QED) is 0.459. The zero-order valence-corrected chi connectivity index (χ0v) is 20.6. The molecule has 194 valence electrons. The van der Waals surface area contributed by atoms with Crippen molar-refractivity contribution in [2.24, 2.45) is 0 Å². The van der Waals surface area contributed by atoms with Crippen LogP contribution in [0.5, 0.6) is 0 Å². The summed E-state index contributed by atoms with van der Waals surface area (Å²) in [5.74, 6) is -2.43. The highest BCUT2D eigenvalue weighted by Crippen LogP contribution is 2.51. The van der Waals surface area contributed by atoms with E-state index >= 15 is 0 Å². The van der Waals surface area contributed by atoms with Gasteiger partial charge in [-0.25, -0.2) is 9.37 Å². The van der Waals surface area contributed by atoms with Crippen molar-refractivity contribution in [3.63, 3.8) is 0 Å². The molecule has 0 bridgehead atoms. The highest BCUT2D eigenvalue weighted by Gasteiger charge is 2.54. The number of amides is 3. The van der Waals surface area contributed by atoms with Crippen molar-refractivity contribution in [1.29, 1.82) is 0 Å². The first-order valence-corrected chi connectivity index (χ1v) is 12.0. The van der Waals surface area contributed by atoms with E-state index in [1.165, 1.54) is 12.3 Å². The first-order valence-electron chi connectivity index (χ1n) is 11.2. The van der Waals surface area contributed by atoms with Gasteiger partial charge in [-0.05, 0) is 47.0 Å². The number of carbonyl (C=O) groups excluding carboxylic acids is 3. The van der Waals surface area contributed by atoms with E-state index < -0.39 is 42.3 Å². The van der Waals surface area contributed by atoms with Crippen LogP contribution in [0, 0.1) is 5.82 Å². The number of alkyl halides is 3. The third-order valence-corrected chi connectivity index (χ3v) is 7.50. The first-order chi connectivity index (χ1) is 17.5. The number of anilines is 1. The van der Waals surface area contributed by atoms with Crippen molar-refractivity contribution in [2.45, 2.75) is 24.4 Å². The summed E-state index contributed by atoms with van der Waals surface area (Å²) < 4.78 is 52.2. The number of pyridine rings is 1. The normalized spacial score (nSPS) is 16.9. The fourth-order valence-electron chi connectivity index (χ4n) is 4.94. The number of aromatic nitrogens is 3. The number of nitrogens with zero attached hydrogens (tertiary/aromatic N) is 4. The molecule has 1 fully saturated rings. The Hall–Kier alpha value is -3.55. The van der Waals surface area contributed by atoms with Gasteiger partial charge >= 0.3 is 6.18 Å². The number of benzene rings is 1. The molecule has 37 heavy (non-hydrogen) atoms.